The fourth-order valence-corrected chi connectivity index (χ4v) is 2.29. The Labute approximate surface area is 170 Å². The predicted molar refractivity (Wildman–Crippen MR) is 108 cm³/mol. The van der Waals surface area contributed by atoms with Gasteiger partial charge in [-0.05, 0) is 36.4 Å². The third-order valence-corrected chi connectivity index (χ3v) is 3.74. The van der Waals surface area contributed by atoms with E-state index in [0.717, 1.165) is 7.69 Å². The summed E-state index contributed by atoms with van der Waals surface area (Å²) in [7, 11) is 4.28. The minimum Gasteiger partial charge on any atom is -0.526 e. The fourth-order valence-electron chi connectivity index (χ4n) is 2.29. The van der Waals surface area contributed by atoms with Gasteiger partial charge < -0.3 is 29.4 Å². The van der Waals surface area contributed by atoms with Crippen molar-refractivity contribution in [1.29, 1.82) is 0 Å². The maximum absolute atomic E-state index is 12.1. The zero-order valence-corrected chi connectivity index (χ0v) is 16.5. The number of rotatable bonds is 12. The van der Waals surface area contributed by atoms with E-state index in [-0.39, 0.29) is 11.8 Å². The monoisotopic (exact) mass is 399 g/mol. The van der Waals surface area contributed by atoms with Gasteiger partial charge in [-0.1, -0.05) is 12.1 Å². The van der Waals surface area contributed by atoms with E-state index < -0.39 is 0 Å². The third-order valence-electron chi connectivity index (χ3n) is 3.74. The van der Waals surface area contributed by atoms with E-state index >= 15 is 0 Å². The van der Waals surface area contributed by atoms with Crippen LogP contribution in [0.4, 0.5) is 0 Å². The molecular weight excluding hydrogens is 375 g/mol. The highest BCUT2D eigenvalue weighted by Gasteiger charge is 2.09. The van der Waals surface area contributed by atoms with Crippen molar-refractivity contribution in [2.75, 3.05) is 40.5 Å². The zero-order valence-electron chi connectivity index (χ0n) is 16.5. The lowest BCUT2D eigenvalue weighted by Gasteiger charge is -2.10. The van der Waals surface area contributed by atoms with Crippen molar-refractivity contribution < 1.29 is 28.4 Å². The standard InChI is InChI=1S/C20H24BN2O6/c1-26-11-9-22-19(24)15-5-3-7-17(13-15)28-21-29-18-8-4-6-16(14-18)20(25)23-10-12-27-2/h3-8,13-14H,9-12H2,1-2H3,(H,22,24)(H,23,25). The molecule has 0 aliphatic rings. The fraction of sp³-hybridized carbons (Fsp3) is 0.300. The highest BCUT2D eigenvalue weighted by Crippen LogP contribution is 2.15. The molecule has 1 radical (unpaired) electrons. The Morgan fingerprint density at radius 1 is 0.793 bits per heavy atom. The van der Waals surface area contributed by atoms with Crippen molar-refractivity contribution in [1.82, 2.24) is 10.6 Å². The molecule has 0 saturated carbocycles. The molecule has 2 N–H and O–H groups in total. The Balaban J connectivity index is 1.85. The van der Waals surface area contributed by atoms with Gasteiger partial charge in [-0.15, -0.1) is 0 Å². The van der Waals surface area contributed by atoms with E-state index in [0.29, 0.717) is 48.9 Å². The van der Waals surface area contributed by atoms with Crippen LogP contribution in [0, 0.1) is 0 Å². The van der Waals surface area contributed by atoms with Gasteiger partial charge in [0.2, 0.25) is 0 Å². The minimum atomic E-state index is -0.222. The van der Waals surface area contributed by atoms with Crippen LogP contribution in [0.25, 0.3) is 0 Å². The molecule has 0 aliphatic heterocycles. The van der Waals surface area contributed by atoms with Crippen molar-refractivity contribution >= 4 is 19.5 Å². The van der Waals surface area contributed by atoms with Gasteiger partial charge in [-0.25, -0.2) is 0 Å². The summed E-state index contributed by atoms with van der Waals surface area (Å²) in [5.74, 6) is 0.442. The molecule has 2 rings (SSSR count). The number of benzene rings is 2. The Morgan fingerprint density at radius 2 is 1.24 bits per heavy atom. The molecular formula is C20H24BN2O6. The van der Waals surface area contributed by atoms with Crippen LogP contribution in [0.2, 0.25) is 0 Å². The van der Waals surface area contributed by atoms with Crippen molar-refractivity contribution in [2.24, 2.45) is 0 Å². The summed E-state index contributed by atoms with van der Waals surface area (Å²) < 4.78 is 20.7. The average molecular weight is 399 g/mol. The van der Waals surface area contributed by atoms with Gasteiger partial charge in [0.05, 0.1) is 13.2 Å². The first kappa shape index (κ1) is 22.3. The number of ether oxygens (including phenoxy) is 2. The van der Waals surface area contributed by atoms with E-state index in [1.54, 1.807) is 62.8 Å². The molecule has 0 atom stereocenters. The molecule has 9 heteroatoms. The molecule has 0 heterocycles. The Hall–Kier alpha value is -3.04. The van der Waals surface area contributed by atoms with Crippen molar-refractivity contribution in [3.8, 4) is 11.5 Å². The normalized spacial score (nSPS) is 10.1. The molecule has 0 aromatic heterocycles. The van der Waals surface area contributed by atoms with Gasteiger partial charge in [0.1, 0.15) is 11.5 Å². The molecule has 2 aromatic rings. The van der Waals surface area contributed by atoms with E-state index in [1.165, 1.54) is 0 Å². The van der Waals surface area contributed by atoms with Crippen molar-refractivity contribution in [3.63, 3.8) is 0 Å². The maximum atomic E-state index is 12.1. The number of carbonyl (C=O) groups is 2. The van der Waals surface area contributed by atoms with Crippen LogP contribution in [-0.2, 0) is 9.47 Å². The molecule has 2 amide bonds. The summed E-state index contributed by atoms with van der Waals surface area (Å²) in [6.07, 6.45) is 0. The lowest BCUT2D eigenvalue weighted by Crippen LogP contribution is -2.27. The van der Waals surface area contributed by atoms with Crippen LogP contribution in [-0.4, -0.2) is 60.0 Å². The first-order valence-corrected chi connectivity index (χ1v) is 9.03. The molecule has 0 fully saturated rings. The van der Waals surface area contributed by atoms with Crippen LogP contribution < -0.4 is 19.9 Å². The van der Waals surface area contributed by atoms with Gasteiger partial charge in [0, 0.05) is 38.4 Å². The first-order chi connectivity index (χ1) is 14.1. The Morgan fingerprint density at radius 3 is 1.66 bits per heavy atom. The molecule has 0 spiro atoms. The number of methoxy groups -OCH3 is 2. The molecule has 153 valence electrons. The summed E-state index contributed by atoms with van der Waals surface area (Å²) in [5, 5.41) is 5.47. The summed E-state index contributed by atoms with van der Waals surface area (Å²) in [6, 6.07) is 13.4. The van der Waals surface area contributed by atoms with Gasteiger partial charge >= 0.3 is 7.69 Å². The number of amides is 2. The molecule has 8 nitrogen and oxygen atoms in total. The number of nitrogens with one attached hydrogen (secondary N) is 2. The predicted octanol–water partition coefficient (Wildman–Crippen LogP) is 1.43. The first-order valence-electron chi connectivity index (χ1n) is 9.03. The second-order valence-electron chi connectivity index (χ2n) is 5.88. The van der Waals surface area contributed by atoms with Crippen molar-refractivity contribution in [2.45, 2.75) is 0 Å². The lowest BCUT2D eigenvalue weighted by atomic mass is 10.2. The van der Waals surface area contributed by atoms with Gasteiger partial charge in [-0.2, -0.15) is 0 Å². The lowest BCUT2D eigenvalue weighted by molar-refractivity contribution is 0.0929. The van der Waals surface area contributed by atoms with E-state index in [9.17, 15) is 9.59 Å². The van der Waals surface area contributed by atoms with E-state index in [2.05, 4.69) is 10.6 Å². The Bertz CT molecular complexity index is 737. The van der Waals surface area contributed by atoms with Crippen molar-refractivity contribution in [3.05, 3.63) is 59.7 Å². The summed E-state index contributed by atoms with van der Waals surface area (Å²) in [6.45, 7) is 1.72. The van der Waals surface area contributed by atoms with E-state index in [4.69, 9.17) is 18.8 Å². The second kappa shape index (κ2) is 12.4. The van der Waals surface area contributed by atoms with E-state index in [1.807, 2.05) is 0 Å². The van der Waals surface area contributed by atoms with Crippen LogP contribution in [0.15, 0.2) is 48.5 Å². The summed E-state index contributed by atoms with van der Waals surface area (Å²) in [4.78, 5) is 24.1. The molecule has 2 aromatic carbocycles. The third kappa shape index (κ3) is 7.85. The van der Waals surface area contributed by atoms with Crippen LogP contribution in [0.5, 0.6) is 11.5 Å². The molecule has 0 unspecified atom stereocenters. The molecule has 29 heavy (non-hydrogen) atoms. The average Bonchev–Trinajstić information content (AvgIpc) is 2.74. The topological polar surface area (TPSA) is 95.1 Å². The summed E-state index contributed by atoms with van der Waals surface area (Å²) >= 11 is 0. The smallest absolute Gasteiger partial charge is 0.526 e. The van der Waals surface area contributed by atoms with Gasteiger partial charge in [-0.3, -0.25) is 9.59 Å². The molecule has 0 saturated heterocycles. The minimum absolute atomic E-state index is 0.222. The summed E-state index contributed by atoms with van der Waals surface area (Å²) in [5.41, 5.74) is 0.920. The molecule has 0 aliphatic carbocycles. The Kier molecular flexibility index (Phi) is 9.54. The highest BCUT2D eigenvalue weighted by atomic mass is 16.6. The van der Waals surface area contributed by atoms with Crippen LogP contribution >= 0.6 is 0 Å². The van der Waals surface area contributed by atoms with Crippen LogP contribution in [0.3, 0.4) is 0 Å². The number of carbonyl (C=O) groups excluding carboxylic acids is 2. The quantitative estimate of drug-likeness (QED) is 0.414. The molecule has 0 bridgehead atoms. The van der Waals surface area contributed by atoms with Gasteiger partial charge in [0.15, 0.2) is 0 Å². The second-order valence-corrected chi connectivity index (χ2v) is 5.88. The number of hydrogen-bond acceptors (Lipinski definition) is 6. The number of hydrogen-bond donors (Lipinski definition) is 2. The zero-order chi connectivity index (χ0) is 20.9. The van der Waals surface area contributed by atoms with Gasteiger partial charge in [0.25, 0.3) is 11.8 Å². The highest BCUT2D eigenvalue weighted by molar-refractivity contribution is 6.20. The SMILES string of the molecule is COCCNC(=O)c1cccc(O[B]Oc2cccc(C(=O)NCCOC)c2)c1. The maximum Gasteiger partial charge on any atom is 0.658 e. The van der Waals surface area contributed by atoms with Crippen LogP contribution in [0.1, 0.15) is 20.7 Å². The largest absolute Gasteiger partial charge is 0.658 e.